The fraction of sp³-hybridized carbons (Fsp3) is 0.318. The van der Waals surface area contributed by atoms with Crippen LogP contribution in [0.25, 0.3) is 0 Å². The molecule has 152 valence electrons. The molecule has 0 spiro atoms. The summed E-state index contributed by atoms with van der Waals surface area (Å²) in [4.78, 5) is 27.1. The summed E-state index contributed by atoms with van der Waals surface area (Å²) in [6, 6.07) is 9.15. The van der Waals surface area contributed by atoms with Crippen molar-refractivity contribution in [3.8, 4) is 5.75 Å². The SMILES string of the molecule is Cc1cc(C(=O)NC(C)c2cc(C(=N)N)ccc2O)ccc1C(=O)N1CCCC1. The Morgan fingerprint density at radius 3 is 2.41 bits per heavy atom. The number of hydrogen-bond donors (Lipinski definition) is 4. The van der Waals surface area contributed by atoms with E-state index >= 15 is 0 Å². The van der Waals surface area contributed by atoms with Crippen LogP contribution in [0.2, 0.25) is 0 Å². The quantitative estimate of drug-likeness (QED) is 0.460. The fourth-order valence-electron chi connectivity index (χ4n) is 3.56. The zero-order valence-corrected chi connectivity index (χ0v) is 16.7. The molecule has 7 nitrogen and oxygen atoms in total. The molecular formula is C22H26N4O3. The van der Waals surface area contributed by atoms with Gasteiger partial charge in [-0.3, -0.25) is 15.0 Å². The lowest BCUT2D eigenvalue weighted by molar-refractivity contribution is 0.0791. The second kappa shape index (κ2) is 8.34. The van der Waals surface area contributed by atoms with E-state index in [1.54, 1.807) is 37.3 Å². The van der Waals surface area contributed by atoms with Crippen molar-refractivity contribution < 1.29 is 14.7 Å². The third-order valence-electron chi connectivity index (χ3n) is 5.26. The number of hydrogen-bond acceptors (Lipinski definition) is 4. The van der Waals surface area contributed by atoms with E-state index in [0.717, 1.165) is 31.5 Å². The number of nitrogens with one attached hydrogen (secondary N) is 2. The van der Waals surface area contributed by atoms with Crippen molar-refractivity contribution in [1.82, 2.24) is 10.2 Å². The van der Waals surface area contributed by atoms with E-state index < -0.39 is 6.04 Å². The first-order chi connectivity index (χ1) is 13.8. The van der Waals surface area contributed by atoms with Gasteiger partial charge in [-0.2, -0.15) is 0 Å². The van der Waals surface area contributed by atoms with Crippen molar-refractivity contribution in [3.63, 3.8) is 0 Å². The summed E-state index contributed by atoms with van der Waals surface area (Å²) in [6.45, 7) is 5.13. The topological polar surface area (TPSA) is 120 Å². The first kappa shape index (κ1) is 20.4. The number of carbonyl (C=O) groups is 2. The van der Waals surface area contributed by atoms with Gasteiger partial charge in [0.2, 0.25) is 0 Å². The van der Waals surface area contributed by atoms with Crippen LogP contribution in [0, 0.1) is 12.3 Å². The average molecular weight is 394 g/mol. The van der Waals surface area contributed by atoms with Crippen LogP contribution in [0.4, 0.5) is 0 Å². The normalized spacial score (nSPS) is 14.5. The van der Waals surface area contributed by atoms with Gasteiger partial charge in [0.15, 0.2) is 0 Å². The molecule has 1 fully saturated rings. The monoisotopic (exact) mass is 394 g/mol. The molecule has 0 saturated carbocycles. The molecule has 29 heavy (non-hydrogen) atoms. The van der Waals surface area contributed by atoms with Crippen LogP contribution < -0.4 is 11.1 Å². The van der Waals surface area contributed by atoms with Crippen LogP contribution in [0.15, 0.2) is 36.4 Å². The maximum atomic E-state index is 12.7. The fourth-order valence-corrected chi connectivity index (χ4v) is 3.56. The summed E-state index contributed by atoms with van der Waals surface area (Å²) in [5.74, 6) is -0.399. The summed E-state index contributed by atoms with van der Waals surface area (Å²) in [6.07, 6.45) is 2.06. The number of nitrogens with two attached hydrogens (primary N) is 1. The Morgan fingerprint density at radius 1 is 1.14 bits per heavy atom. The molecule has 0 aromatic heterocycles. The number of aromatic hydroxyl groups is 1. The first-order valence-corrected chi connectivity index (χ1v) is 9.66. The van der Waals surface area contributed by atoms with E-state index in [0.29, 0.717) is 22.3 Å². The van der Waals surface area contributed by atoms with Crippen molar-refractivity contribution in [2.24, 2.45) is 5.73 Å². The number of phenols is 1. The Hall–Kier alpha value is -3.35. The molecule has 0 aliphatic carbocycles. The summed E-state index contributed by atoms with van der Waals surface area (Å²) < 4.78 is 0. The largest absolute Gasteiger partial charge is 0.508 e. The standard InChI is InChI=1S/C22H26N4O3/c1-13-11-16(5-7-17(13)22(29)26-9-3-4-10-26)21(28)25-14(2)18-12-15(20(23)24)6-8-19(18)27/h5-8,11-12,14,27H,3-4,9-10H2,1-2H3,(H3,23,24)(H,25,28). The lowest BCUT2D eigenvalue weighted by Crippen LogP contribution is -2.29. The summed E-state index contributed by atoms with van der Waals surface area (Å²) in [5.41, 5.74) is 8.26. The van der Waals surface area contributed by atoms with Crippen molar-refractivity contribution in [2.75, 3.05) is 13.1 Å². The van der Waals surface area contributed by atoms with Gasteiger partial charge in [0.05, 0.1) is 6.04 Å². The molecule has 1 saturated heterocycles. The highest BCUT2D eigenvalue weighted by atomic mass is 16.3. The van der Waals surface area contributed by atoms with E-state index in [-0.39, 0.29) is 23.4 Å². The van der Waals surface area contributed by atoms with E-state index in [4.69, 9.17) is 11.1 Å². The van der Waals surface area contributed by atoms with Gasteiger partial charge < -0.3 is 21.1 Å². The minimum atomic E-state index is -0.493. The Labute approximate surface area is 170 Å². The Balaban J connectivity index is 1.75. The molecule has 2 aromatic carbocycles. The molecule has 3 rings (SSSR count). The third kappa shape index (κ3) is 4.39. The number of likely N-dealkylation sites (tertiary alicyclic amines) is 1. The Kier molecular flexibility index (Phi) is 5.87. The van der Waals surface area contributed by atoms with Gasteiger partial charge >= 0.3 is 0 Å². The van der Waals surface area contributed by atoms with Gasteiger partial charge in [0, 0.05) is 35.3 Å². The molecule has 2 amide bonds. The van der Waals surface area contributed by atoms with E-state index in [2.05, 4.69) is 5.32 Å². The van der Waals surface area contributed by atoms with Gasteiger partial charge in [-0.05, 0) is 68.7 Å². The van der Waals surface area contributed by atoms with Crippen LogP contribution in [-0.2, 0) is 0 Å². The molecule has 0 bridgehead atoms. The van der Waals surface area contributed by atoms with Crippen LogP contribution in [0.3, 0.4) is 0 Å². The van der Waals surface area contributed by atoms with Crippen LogP contribution in [0.1, 0.15) is 63.2 Å². The van der Waals surface area contributed by atoms with Crippen molar-refractivity contribution in [1.29, 1.82) is 5.41 Å². The number of nitrogens with zero attached hydrogens (tertiary/aromatic N) is 1. The molecular weight excluding hydrogens is 368 g/mol. The van der Waals surface area contributed by atoms with Gasteiger partial charge in [0.25, 0.3) is 11.8 Å². The second-order valence-corrected chi connectivity index (χ2v) is 7.41. The van der Waals surface area contributed by atoms with Crippen LogP contribution in [-0.4, -0.2) is 40.7 Å². The number of rotatable bonds is 5. The molecule has 7 heteroatoms. The smallest absolute Gasteiger partial charge is 0.254 e. The van der Waals surface area contributed by atoms with Crippen LogP contribution in [0.5, 0.6) is 5.75 Å². The zero-order chi connectivity index (χ0) is 21.1. The van der Waals surface area contributed by atoms with Crippen LogP contribution >= 0.6 is 0 Å². The summed E-state index contributed by atoms with van der Waals surface area (Å²) in [7, 11) is 0. The predicted octanol–water partition coefficient (Wildman–Crippen LogP) is 2.71. The molecule has 1 aliphatic heterocycles. The predicted molar refractivity (Wildman–Crippen MR) is 111 cm³/mol. The number of benzene rings is 2. The zero-order valence-electron chi connectivity index (χ0n) is 16.7. The minimum absolute atomic E-state index is 0.00583. The maximum Gasteiger partial charge on any atom is 0.254 e. The number of phenolic OH excluding ortho intramolecular Hbond substituents is 1. The highest BCUT2D eigenvalue weighted by Crippen LogP contribution is 2.26. The van der Waals surface area contributed by atoms with Gasteiger partial charge in [0.1, 0.15) is 11.6 Å². The molecule has 1 heterocycles. The third-order valence-corrected chi connectivity index (χ3v) is 5.26. The van der Waals surface area contributed by atoms with E-state index in [1.807, 2.05) is 11.8 Å². The molecule has 1 aliphatic rings. The second-order valence-electron chi connectivity index (χ2n) is 7.41. The molecule has 1 unspecified atom stereocenters. The number of carbonyl (C=O) groups excluding carboxylic acids is 2. The maximum absolute atomic E-state index is 12.7. The first-order valence-electron chi connectivity index (χ1n) is 9.66. The molecule has 0 radical (unpaired) electrons. The number of amidine groups is 1. The Bertz CT molecular complexity index is 965. The molecule has 2 aromatic rings. The molecule has 5 N–H and O–H groups in total. The van der Waals surface area contributed by atoms with Crippen molar-refractivity contribution in [3.05, 3.63) is 64.2 Å². The lowest BCUT2D eigenvalue weighted by Gasteiger charge is -2.18. The van der Waals surface area contributed by atoms with Crippen molar-refractivity contribution in [2.45, 2.75) is 32.7 Å². The number of amides is 2. The molecule has 1 atom stereocenters. The summed E-state index contributed by atoms with van der Waals surface area (Å²) >= 11 is 0. The van der Waals surface area contributed by atoms with Gasteiger partial charge in [-0.15, -0.1) is 0 Å². The Morgan fingerprint density at radius 2 is 1.79 bits per heavy atom. The summed E-state index contributed by atoms with van der Waals surface area (Å²) in [5, 5.41) is 20.5. The van der Waals surface area contributed by atoms with Gasteiger partial charge in [-0.25, -0.2) is 0 Å². The highest BCUT2D eigenvalue weighted by molar-refractivity contribution is 5.99. The van der Waals surface area contributed by atoms with Gasteiger partial charge in [-0.1, -0.05) is 0 Å². The van der Waals surface area contributed by atoms with E-state index in [1.165, 1.54) is 6.07 Å². The minimum Gasteiger partial charge on any atom is -0.508 e. The number of aryl methyl sites for hydroxylation is 1. The number of nitrogen functional groups attached to an aromatic ring is 1. The van der Waals surface area contributed by atoms with E-state index in [9.17, 15) is 14.7 Å². The highest BCUT2D eigenvalue weighted by Gasteiger charge is 2.22. The van der Waals surface area contributed by atoms with Crippen molar-refractivity contribution >= 4 is 17.6 Å². The average Bonchev–Trinajstić information content (AvgIpc) is 3.22. The lowest BCUT2D eigenvalue weighted by atomic mass is 10.0.